The Balaban J connectivity index is 1.33. The van der Waals surface area contributed by atoms with Gasteiger partial charge in [0.1, 0.15) is 12.4 Å². The van der Waals surface area contributed by atoms with Crippen molar-refractivity contribution >= 4 is 35.5 Å². The van der Waals surface area contributed by atoms with Gasteiger partial charge >= 0.3 is 5.97 Å². The number of aliphatic hydroxyl groups is 1. The van der Waals surface area contributed by atoms with E-state index in [1.807, 2.05) is 48.3 Å². The predicted octanol–water partition coefficient (Wildman–Crippen LogP) is 2.80. The van der Waals surface area contributed by atoms with Crippen molar-refractivity contribution in [1.29, 1.82) is 0 Å². The number of rotatable bonds is 8. The van der Waals surface area contributed by atoms with Crippen LogP contribution < -0.4 is 10.1 Å². The number of nitrogens with one attached hydrogen (secondary N) is 1. The van der Waals surface area contributed by atoms with E-state index in [1.54, 1.807) is 12.1 Å². The molecule has 2 heterocycles. The third-order valence-electron chi connectivity index (χ3n) is 5.64. The van der Waals surface area contributed by atoms with E-state index in [2.05, 4.69) is 15.4 Å². The molecule has 2 aromatic carbocycles. The molecule has 1 unspecified atom stereocenters. The van der Waals surface area contributed by atoms with Crippen molar-refractivity contribution in [2.24, 2.45) is 11.0 Å². The van der Waals surface area contributed by atoms with Gasteiger partial charge in [-0.3, -0.25) is 14.6 Å². The number of fused-ring (bicyclic) bond motifs is 1. The first-order valence-corrected chi connectivity index (χ1v) is 12.6. The van der Waals surface area contributed by atoms with E-state index < -0.39 is 0 Å². The number of benzene rings is 2. The lowest BCUT2D eigenvalue weighted by molar-refractivity contribution is -0.146. The summed E-state index contributed by atoms with van der Waals surface area (Å²) in [5.74, 6) is 2.40. The summed E-state index contributed by atoms with van der Waals surface area (Å²) in [6.45, 7) is 2.17. The van der Waals surface area contributed by atoms with Crippen LogP contribution in [0.25, 0.3) is 0 Å². The number of hydrogen-bond acceptors (Lipinski definition) is 8. The Morgan fingerprint density at radius 2 is 2.00 bits per heavy atom. The molecule has 4 rings (SSSR count). The highest BCUT2D eigenvalue weighted by molar-refractivity contribution is 7.99. The van der Waals surface area contributed by atoms with Crippen LogP contribution >= 0.6 is 11.8 Å². The molecular formula is C25H29N3O5S. The van der Waals surface area contributed by atoms with Crippen LogP contribution in [0.4, 0.5) is 5.69 Å². The molecule has 0 aromatic heterocycles. The SMILES string of the molecule is O=C(CC1COc2ccc(NC(=O)c3ccc(/C=N/N4CCSCC4)cc3)cc2C1)OCCO. The van der Waals surface area contributed by atoms with E-state index in [4.69, 9.17) is 14.6 Å². The quantitative estimate of drug-likeness (QED) is 0.440. The fourth-order valence-electron chi connectivity index (χ4n) is 3.86. The van der Waals surface area contributed by atoms with Gasteiger partial charge in [-0.1, -0.05) is 12.1 Å². The topological polar surface area (TPSA) is 100 Å². The van der Waals surface area contributed by atoms with Gasteiger partial charge in [0, 0.05) is 41.8 Å². The normalized spacial score (nSPS) is 17.7. The fraction of sp³-hybridized carbons (Fsp3) is 0.400. The molecule has 9 heteroatoms. The minimum absolute atomic E-state index is 0.00460. The van der Waals surface area contributed by atoms with Gasteiger partial charge in [-0.2, -0.15) is 16.9 Å². The number of anilines is 1. The van der Waals surface area contributed by atoms with Gasteiger partial charge in [0.15, 0.2) is 0 Å². The number of thioether (sulfide) groups is 1. The average Bonchev–Trinajstić information content (AvgIpc) is 2.87. The number of hydrazone groups is 1. The molecule has 34 heavy (non-hydrogen) atoms. The van der Waals surface area contributed by atoms with Gasteiger partial charge in [-0.25, -0.2) is 0 Å². The van der Waals surface area contributed by atoms with E-state index in [9.17, 15) is 9.59 Å². The molecule has 0 bridgehead atoms. The van der Waals surface area contributed by atoms with E-state index in [-0.39, 0.29) is 37.4 Å². The van der Waals surface area contributed by atoms with Crippen molar-refractivity contribution in [2.45, 2.75) is 12.8 Å². The van der Waals surface area contributed by atoms with Crippen LogP contribution in [0.5, 0.6) is 5.75 Å². The Hall–Kier alpha value is -3.04. The van der Waals surface area contributed by atoms with Crippen molar-refractivity contribution in [3.05, 3.63) is 59.2 Å². The first-order valence-electron chi connectivity index (χ1n) is 11.4. The van der Waals surface area contributed by atoms with Crippen molar-refractivity contribution in [3.63, 3.8) is 0 Å². The zero-order valence-corrected chi connectivity index (χ0v) is 19.8. The molecule has 0 spiro atoms. The Labute approximate surface area is 203 Å². The molecule has 0 aliphatic carbocycles. The molecule has 2 aromatic rings. The lowest BCUT2D eigenvalue weighted by Crippen LogP contribution is -2.27. The van der Waals surface area contributed by atoms with E-state index in [0.29, 0.717) is 24.3 Å². The lowest BCUT2D eigenvalue weighted by Gasteiger charge is -2.25. The highest BCUT2D eigenvalue weighted by Crippen LogP contribution is 2.31. The monoisotopic (exact) mass is 483 g/mol. The number of aliphatic hydroxyl groups excluding tert-OH is 1. The number of nitrogens with zero attached hydrogens (tertiary/aromatic N) is 2. The van der Waals surface area contributed by atoms with Crippen LogP contribution in [0, 0.1) is 5.92 Å². The van der Waals surface area contributed by atoms with Crippen molar-refractivity contribution in [2.75, 3.05) is 49.7 Å². The Bertz CT molecular complexity index is 1020. The van der Waals surface area contributed by atoms with Crippen molar-refractivity contribution in [1.82, 2.24) is 5.01 Å². The van der Waals surface area contributed by atoms with E-state index >= 15 is 0 Å². The number of amides is 1. The van der Waals surface area contributed by atoms with Gasteiger partial charge in [-0.05, 0) is 47.9 Å². The molecular weight excluding hydrogens is 454 g/mol. The summed E-state index contributed by atoms with van der Waals surface area (Å²) in [5.41, 5.74) is 3.12. The number of carbonyl (C=O) groups excluding carboxylic acids is 2. The lowest BCUT2D eigenvalue weighted by atomic mass is 9.93. The average molecular weight is 484 g/mol. The van der Waals surface area contributed by atoms with Crippen LogP contribution in [0.3, 0.4) is 0 Å². The molecule has 1 amide bonds. The standard InChI is InChI=1S/C25H29N3O5S/c29-9-10-32-24(30)14-19-13-21-15-22(5-6-23(21)33-17-19)27-25(31)20-3-1-18(2-4-20)16-26-28-7-11-34-12-8-28/h1-6,15-16,19,29H,7-14,17H2,(H,27,31)/b26-16+. The molecule has 1 saturated heterocycles. The zero-order chi connectivity index (χ0) is 23.8. The van der Waals surface area contributed by atoms with Crippen molar-refractivity contribution < 1.29 is 24.2 Å². The highest BCUT2D eigenvalue weighted by atomic mass is 32.2. The number of hydrogen-bond donors (Lipinski definition) is 2. The molecule has 2 aliphatic heterocycles. The number of ether oxygens (including phenoxy) is 2. The summed E-state index contributed by atoms with van der Waals surface area (Å²) < 4.78 is 10.7. The third kappa shape index (κ3) is 6.74. The summed E-state index contributed by atoms with van der Waals surface area (Å²) in [4.78, 5) is 24.6. The van der Waals surface area contributed by atoms with Crippen LogP contribution in [0.15, 0.2) is 47.6 Å². The molecule has 8 nitrogen and oxygen atoms in total. The van der Waals surface area contributed by atoms with Gasteiger partial charge in [0.05, 0.1) is 25.8 Å². The number of carbonyl (C=O) groups is 2. The molecule has 2 aliphatic rings. The molecule has 2 N–H and O–H groups in total. The zero-order valence-electron chi connectivity index (χ0n) is 18.9. The minimum atomic E-state index is -0.348. The smallest absolute Gasteiger partial charge is 0.306 e. The summed E-state index contributed by atoms with van der Waals surface area (Å²) in [6, 6.07) is 12.9. The van der Waals surface area contributed by atoms with Gasteiger partial charge in [-0.15, -0.1) is 0 Å². The second-order valence-electron chi connectivity index (χ2n) is 8.24. The largest absolute Gasteiger partial charge is 0.493 e. The Kier molecular flexibility index (Phi) is 8.43. The summed E-state index contributed by atoms with van der Waals surface area (Å²) in [6.07, 6.45) is 2.70. The first kappa shape index (κ1) is 24.1. The molecule has 180 valence electrons. The summed E-state index contributed by atoms with van der Waals surface area (Å²) in [5, 5.41) is 18.3. The Morgan fingerprint density at radius 1 is 1.21 bits per heavy atom. The van der Waals surface area contributed by atoms with Crippen LogP contribution in [0.2, 0.25) is 0 Å². The summed E-state index contributed by atoms with van der Waals surface area (Å²) >= 11 is 1.95. The van der Waals surface area contributed by atoms with Crippen LogP contribution in [0.1, 0.15) is 27.9 Å². The summed E-state index contributed by atoms with van der Waals surface area (Å²) in [7, 11) is 0. The maximum Gasteiger partial charge on any atom is 0.306 e. The molecule has 0 saturated carbocycles. The fourth-order valence-corrected chi connectivity index (χ4v) is 4.75. The van der Waals surface area contributed by atoms with Crippen LogP contribution in [-0.4, -0.2) is 72.6 Å². The Morgan fingerprint density at radius 3 is 2.76 bits per heavy atom. The van der Waals surface area contributed by atoms with E-state index in [1.165, 1.54) is 0 Å². The van der Waals surface area contributed by atoms with Gasteiger partial charge < -0.3 is 19.9 Å². The second kappa shape index (κ2) is 11.9. The first-order chi connectivity index (χ1) is 16.6. The third-order valence-corrected chi connectivity index (χ3v) is 6.58. The second-order valence-corrected chi connectivity index (χ2v) is 9.46. The van der Waals surface area contributed by atoms with Crippen molar-refractivity contribution in [3.8, 4) is 5.75 Å². The van der Waals surface area contributed by atoms with Gasteiger partial charge in [0.25, 0.3) is 5.91 Å². The molecule has 0 radical (unpaired) electrons. The highest BCUT2D eigenvalue weighted by Gasteiger charge is 2.23. The van der Waals surface area contributed by atoms with Crippen LogP contribution in [-0.2, 0) is 16.0 Å². The van der Waals surface area contributed by atoms with Gasteiger partial charge in [0.2, 0.25) is 0 Å². The molecule has 1 fully saturated rings. The van der Waals surface area contributed by atoms with E-state index in [0.717, 1.165) is 41.5 Å². The number of esters is 1. The molecule has 1 atom stereocenters. The predicted molar refractivity (Wildman–Crippen MR) is 133 cm³/mol. The minimum Gasteiger partial charge on any atom is -0.493 e. The maximum absolute atomic E-state index is 12.7. The maximum atomic E-state index is 12.7.